The standard InChI is InChI=1S/C15H15ClFNO6/c1-4-24-14(20)8-5-11(10(17)6-9(8)16)18-12(15(21)23-3)7-13(19)22-2/h5-7,18H,4H2,1-3H3/b12-7+. The van der Waals surface area contributed by atoms with Crippen LogP contribution in [0.15, 0.2) is 23.9 Å². The van der Waals surface area contributed by atoms with Crippen LogP contribution in [0.3, 0.4) is 0 Å². The minimum atomic E-state index is -0.938. The zero-order valence-corrected chi connectivity index (χ0v) is 13.9. The predicted octanol–water partition coefficient (Wildman–Crippen LogP) is 2.30. The molecule has 0 aromatic heterocycles. The fraction of sp³-hybridized carbons (Fsp3) is 0.267. The molecule has 0 unspecified atom stereocenters. The molecule has 130 valence electrons. The van der Waals surface area contributed by atoms with E-state index in [9.17, 15) is 18.8 Å². The fourth-order valence-corrected chi connectivity index (χ4v) is 1.82. The number of rotatable bonds is 6. The highest BCUT2D eigenvalue weighted by Gasteiger charge is 2.19. The van der Waals surface area contributed by atoms with Gasteiger partial charge in [-0.3, -0.25) is 0 Å². The Kier molecular flexibility index (Phi) is 7.19. The molecule has 0 heterocycles. The molecule has 24 heavy (non-hydrogen) atoms. The molecule has 0 saturated heterocycles. The molecule has 0 bridgehead atoms. The van der Waals surface area contributed by atoms with E-state index in [0.717, 1.165) is 32.4 Å². The lowest BCUT2D eigenvalue weighted by atomic mass is 10.2. The first-order chi connectivity index (χ1) is 11.3. The van der Waals surface area contributed by atoms with Gasteiger partial charge in [0.1, 0.15) is 11.5 Å². The summed E-state index contributed by atoms with van der Waals surface area (Å²) in [4.78, 5) is 34.8. The van der Waals surface area contributed by atoms with Gasteiger partial charge in [-0.05, 0) is 19.1 Å². The normalized spacial score (nSPS) is 10.8. The third-order valence-corrected chi connectivity index (χ3v) is 3.00. The summed E-state index contributed by atoms with van der Waals surface area (Å²) >= 11 is 5.82. The summed E-state index contributed by atoms with van der Waals surface area (Å²) in [5, 5.41) is 2.21. The Morgan fingerprint density at radius 1 is 1.25 bits per heavy atom. The second kappa shape index (κ2) is 8.88. The Morgan fingerprint density at radius 2 is 1.92 bits per heavy atom. The van der Waals surface area contributed by atoms with Crippen molar-refractivity contribution in [2.75, 3.05) is 26.1 Å². The fourth-order valence-electron chi connectivity index (χ4n) is 1.59. The predicted molar refractivity (Wildman–Crippen MR) is 83.1 cm³/mol. The van der Waals surface area contributed by atoms with Gasteiger partial charge in [-0.2, -0.15) is 0 Å². The van der Waals surface area contributed by atoms with Crippen molar-refractivity contribution in [3.05, 3.63) is 40.3 Å². The summed E-state index contributed by atoms with van der Waals surface area (Å²) in [5.74, 6) is -3.41. The molecule has 0 aliphatic carbocycles. The van der Waals surface area contributed by atoms with Gasteiger partial charge in [0, 0.05) is 0 Å². The van der Waals surface area contributed by atoms with Crippen molar-refractivity contribution in [3.63, 3.8) is 0 Å². The van der Waals surface area contributed by atoms with Crippen LogP contribution in [0.2, 0.25) is 5.02 Å². The van der Waals surface area contributed by atoms with E-state index in [1.54, 1.807) is 6.92 Å². The average molecular weight is 360 g/mol. The lowest BCUT2D eigenvalue weighted by Gasteiger charge is -2.12. The number of hydrogen-bond donors (Lipinski definition) is 1. The zero-order chi connectivity index (χ0) is 18.3. The Balaban J connectivity index is 3.26. The van der Waals surface area contributed by atoms with Crippen molar-refractivity contribution in [3.8, 4) is 0 Å². The molecule has 0 saturated carbocycles. The van der Waals surface area contributed by atoms with Gasteiger partial charge in [-0.15, -0.1) is 0 Å². The van der Waals surface area contributed by atoms with Gasteiger partial charge in [-0.1, -0.05) is 11.6 Å². The molecule has 1 N–H and O–H groups in total. The molecule has 0 amide bonds. The minimum Gasteiger partial charge on any atom is -0.466 e. The number of halogens is 2. The van der Waals surface area contributed by atoms with Crippen LogP contribution in [0.25, 0.3) is 0 Å². The summed E-state index contributed by atoms with van der Waals surface area (Å²) < 4.78 is 27.7. The monoisotopic (exact) mass is 359 g/mol. The first-order valence-electron chi connectivity index (χ1n) is 6.65. The van der Waals surface area contributed by atoms with Crippen molar-refractivity contribution in [2.45, 2.75) is 6.92 Å². The quantitative estimate of drug-likeness (QED) is 0.473. The Hall–Kier alpha value is -2.61. The van der Waals surface area contributed by atoms with Gasteiger partial charge in [0.05, 0.1) is 43.2 Å². The molecule has 7 nitrogen and oxygen atoms in total. The summed E-state index contributed by atoms with van der Waals surface area (Å²) in [6.45, 7) is 1.70. The van der Waals surface area contributed by atoms with Crippen LogP contribution in [0, 0.1) is 5.82 Å². The Morgan fingerprint density at radius 3 is 2.46 bits per heavy atom. The van der Waals surface area contributed by atoms with Crippen molar-refractivity contribution in [1.82, 2.24) is 0 Å². The van der Waals surface area contributed by atoms with E-state index >= 15 is 0 Å². The maximum absolute atomic E-state index is 14.0. The number of carbonyl (C=O) groups is 3. The van der Waals surface area contributed by atoms with Gasteiger partial charge in [-0.25, -0.2) is 18.8 Å². The number of carbonyl (C=O) groups excluding carboxylic acids is 3. The van der Waals surface area contributed by atoms with Crippen molar-refractivity contribution in [2.24, 2.45) is 0 Å². The molecular weight excluding hydrogens is 345 g/mol. The molecule has 0 spiro atoms. The van der Waals surface area contributed by atoms with Gasteiger partial charge < -0.3 is 19.5 Å². The molecule has 1 aromatic carbocycles. The van der Waals surface area contributed by atoms with E-state index in [2.05, 4.69) is 14.8 Å². The van der Waals surface area contributed by atoms with Crippen LogP contribution in [0.1, 0.15) is 17.3 Å². The number of anilines is 1. The summed E-state index contributed by atoms with van der Waals surface area (Å²) in [6, 6.07) is 1.94. The number of esters is 3. The molecule has 0 aliphatic heterocycles. The highest BCUT2D eigenvalue weighted by Crippen LogP contribution is 2.26. The molecule has 9 heteroatoms. The van der Waals surface area contributed by atoms with Crippen LogP contribution in [-0.2, 0) is 23.8 Å². The highest BCUT2D eigenvalue weighted by atomic mass is 35.5. The van der Waals surface area contributed by atoms with Gasteiger partial charge >= 0.3 is 17.9 Å². The van der Waals surface area contributed by atoms with Gasteiger partial charge in [0.25, 0.3) is 0 Å². The largest absolute Gasteiger partial charge is 0.466 e. The summed E-state index contributed by atoms with van der Waals surface area (Å²) in [7, 11) is 2.19. The second-order valence-electron chi connectivity index (χ2n) is 4.23. The van der Waals surface area contributed by atoms with E-state index in [0.29, 0.717) is 0 Å². The molecule has 1 aromatic rings. The first-order valence-corrected chi connectivity index (χ1v) is 7.03. The number of methoxy groups -OCH3 is 2. The molecular formula is C15H15ClFNO6. The number of hydrogen-bond acceptors (Lipinski definition) is 7. The number of nitrogens with one attached hydrogen (secondary N) is 1. The second-order valence-corrected chi connectivity index (χ2v) is 4.64. The smallest absolute Gasteiger partial charge is 0.354 e. The Bertz CT molecular complexity index is 689. The average Bonchev–Trinajstić information content (AvgIpc) is 2.55. The molecule has 0 atom stereocenters. The van der Waals surface area contributed by atoms with Crippen LogP contribution in [0.4, 0.5) is 10.1 Å². The first kappa shape index (κ1) is 19.4. The van der Waals surface area contributed by atoms with E-state index in [1.165, 1.54) is 0 Å². The van der Waals surface area contributed by atoms with E-state index in [1.807, 2.05) is 0 Å². The maximum atomic E-state index is 14.0. The lowest BCUT2D eigenvalue weighted by Crippen LogP contribution is -2.16. The van der Waals surface area contributed by atoms with E-state index in [-0.39, 0.29) is 28.6 Å². The van der Waals surface area contributed by atoms with Crippen molar-refractivity contribution >= 4 is 35.2 Å². The SMILES string of the molecule is CCOC(=O)c1cc(N/C(=C/C(=O)OC)C(=O)OC)c(F)cc1Cl. The Labute approximate surface area is 142 Å². The maximum Gasteiger partial charge on any atom is 0.354 e. The third-order valence-electron chi connectivity index (χ3n) is 2.69. The third kappa shape index (κ3) is 4.95. The van der Waals surface area contributed by atoms with Gasteiger partial charge in [0.15, 0.2) is 0 Å². The van der Waals surface area contributed by atoms with Crippen LogP contribution < -0.4 is 5.32 Å². The van der Waals surface area contributed by atoms with Gasteiger partial charge in [0.2, 0.25) is 0 Å². The zero-order valence-electron chi connectivity index (χ0n) is 13.1. The molecule has 0 aliphatic rings. The lowest BCUT2D eigenvalue weighted by molar-refractivity contribution is -0.138. The summed E-state index contributed by atoms with van der Waals surface area (Å²) in [6.07, 6.45) is 0.782. The minimum absolute atomic E-state index is 0.102. The molecule has 1 rings (SSSR count). The highest BCUT2D eigenvalue weighted by molar-refractivity contribution is 6.33. The molecule has 0 fully saturated rings. The van der Waals surface area contributed by atoms with Crippen LogP contribution in [0.5, 0.6) is 0 Å². The number of benzene rings is 1. The van der Waals surface area contributed by atoms with Crippen LogP contribution in [-0.4, -0.2) is 38.7 Å². The van der Waals surface area contributed by atoms with Crippen LogP contribution >= 0.6 is 11.6 Å². The number of ether oxygens (including phenoxy) is 3. The van der Waals surface area contributed by atoms with E-state index < -0.39 is 23.7 Å². The van der Waals surface area contributed by atoms with E-state index in [4.69, 9.17) is 16.3 Å². The molecule has 0 radical (unpaired) electrons. The summed E-state index contributed by atoms with van der Waals surface area (Å²) in [5.41, 5.74) is -0.770. The topological polar surface area (TPSA) is 90.9 Å². The van der Waals surface area contributed by atoms with Crippen molar-refractivity contribution < 1.29 is 33.0 Å². The van der Waals surface area contributed by atoms with Crippen molar-refractivity contribution in [1.29, 1.82) is 0 Å².